The lowest BCUT2D eigenvalue weighted by molar-refractivity contribution is 0.510. The summed E-state index contributed by atoms with van der Waals surface area (Å²) in [6.45, 7) is 3.90. The highest BCUT2D eigenvalue weighted by molar-refractivity contribution is 5.72. The second-order valence-electron chi connectivity index (χ2n) is 3.82. The molecule has 0 spiro atoms. The van der Waals surface area contributed by atoms with E-state index in [1.54, 1.807) is 0 Å². The predicted molar refractivity (Wildman–Crippen MR) is 54.3 cm³/mol. The van der Waals surface area contributed by atoms with Gasteiger partial charge in [-0.25, -0.2) is 0 Å². The van der Waals surface area contributed by atoms with Crippen molar-refractivity contribution in [3.05, 3.63) is 35.4 Å². The largest absolute Gasteiger partial charge is 0.312 e. The Morgan fingerprint density at radius 3 is 3.00 bits per heavy atom. The van der Waals surface area contributed by atoms with E-state index in [2.05, 4.69) is 30.4 Å². The molecule has 0 bridgehead atoms. The first-order chi connectivity index (χ1) is 6.26. The minimum atomic E-state index is -0.116. The fraction of sp³-hybridized carbons (Fsp3) is 0.364. The van der Waals surface area contributed by atoms with Gasteiger partial charge >= 0.3 is 0 Å². The number of fused-ring (bicyclic) bond motifs is 1. The van der Waals surface area contributed by atoms with Crippen LogP contribution in [-0.2, 0) is 12.0 Å². The van der Waals surface area contributed by atoms with Gasteiger partial charge in [-0.3, -0.25) is 0 Å². The van der Waals surface area contributed by atoms with Crippen LogP contribution in [0.25, 0.3) is 0 Å². The van der Waals surface area contributed by atoms with E-state index in [0.717, 1.165) is 13.1 Å². The summed E-state index contributed by atoms with van der Waals surface area (Å²) in [5.41, 5.74) is 2.50. The molecule has 0 radical (unpaired) electrons. The van der Waals surface area contributed by atoms with Crippen molar-refractivity contribution in [2.24, 2.45) is 0 Å². The van der Waals surface area contributed by atoms with Crippen LogP contribution in [0, 0.1) is 5.41 Å². The summed E-state index contributed by atoms with van der Waals surface area (Å²) in [5, 5.41) is 10.8. The van der Waals surface area contributed by atoms with Gasteiger partial charge in [-0.15, -0.1) is 0 Å². The zero-order valence-corrected chi connectivity index (χ0v) is 7.80. The molecule has 0 saturated carbocycles. The van der Waals surface area contributed by atoms with E-state index in [1.165, 1.54) is 17.3 Å². The molecule has 68 valence electrons. The SMILES string of the molecule is CC1(C=N)CNCc2ccccc21. The maximum atomic E-state index is 7.46. The smallest absolute Gasteiger partial charge is 0.0398 e. The Morgan fingerprint density at radius 1 is 1.46 bits per heavy atom. The second kappa shape index (κ2) is 2.96. The van der Waals surface area contributed by atoms with Crippen molar-refractivity contribution in [2.45, 2.75) is 18.9 Å². The van der Waals surface area contributed by atoms with Crippen LogP contribution in [0.4, 0.5) is 0 Å². The summed E-state index contributed by atoms with van der Waals surface area (Å²) in [6, 6.07) is 8.35. The van der Waals surface area contributed by atoms with Crippen LogP contribution in [0.15, 0.2) is 24.3 Å². The van der Waals surface area contributed by atoms with Crippen LogP contribution in [0.2, 0.25) is 0 Å². The van der Waals surface area contributed by atoms with E-state index in [1.807, 2.05) is 6.07 Å². The first-order valence-electron chi connectivity index (χ1n) is 4.57. The maximum Gasteiger partial charge on any atom is 0.0398 e. The quantitative estimate of drug-likeness (QED) is 0.624. The molecule has 1 heterocycles. The van der Waals surface area contributed by atoms with E-state index in [9.17, 15) is 0 Å². The number of hydrogen-bond acceptors (Lipinski definition) is 2. The standard InChI is InChI=1S/C11H14N2/c1-11(7-12)8-13-6-9-4-2-3-5-10(9)11/h2-5,7,12-13H,6,8H2,1H3. The normalized spacial score (nSPS) is 26.5. The highest BCUT2D eigenvalue weighted by atomic mass is 14.9. The zero-order valence-electron chi connectivity index (χ0n) is 7.80. The lowest BCUT2D eigenvalue weighted by Gasteiger charge is -2.32. The van der Waals surface area contributed by atoms with Crippen LogP contribution in [-0.4, -0.2) is 12.8 Å². The first kappa shape index (κ1) is 8.45. The molecule has 1 aromatic carbocycles. The molecule has 1 atom stereocenters. The van der Waals surface area contributed by atoms with E-state index >= 15 is 0 Å². The Balaban J connectivity index is 2.54. The van der Waals surface area contributed by atoms with Gasteiger partial charge in [0.05, 0.1) is 0 Å². The molecular formula is C11H14N2. The topological polar surface area (TPSA) is 35.9 Å². The van der Waals surface area contributed by atoms with Gasteiger partial charge in [0.15, 0.2) is 0 Å². The van der Waals surface area contributed by atoms with Gasteiger partial charge in [-0.1, -0.05) is 24.3 Å². The summed E-state index contributed by atoms with van der Waals surface area (Å²) in [7, 11) is 0. The molecule has 13 heavy (non-hydrogen) atoms. The molecule has 1 unspecified atom stereocenters. The Hall–Kier alpha value is -1.15. The van der Waals surface area contributed by atoms with E-state index < -0.39 is 0 Å². The summed E-state index contributed by atoms with van der Waals surface area (Å²) < 4.78 is 0. The molecule has 2 heteroatoms. The third-order valence-corrected chi connectivity index (χ3v) is 2.76. The van der Waals surface area contributed by atoms with Crippen molar-refractivity contribution in [3.63, 3.8) is 0 Å². The van der Waals surface area contributed by atoms with Crippen molar-refractivity contribution in [3.8, 4) is 0 Å². The molecule has 2 rings (SSSR count). The van der Waals surface area contributed by atoms with Crippen molar-refractivity contribution in [1.82, 2.24) is 5.32 Å². The maximum absolute atomic E-state index is 7.46. The predicted octanol–water partition coefficient (Wildman–Crippen LogP) is 1.70. The second-order valence-corrected chi connectivity index (χ2v) is 3.82. The van der Waals surface area contributed by atoms with E-state index in [4.69, 9.17) is 5.41 Å². The number of nitrogens with one attached hydrogen (secondary N) is 2. The minimum absolute atomic E-state index is 0.116. The fourth-order valence-electron chi connectivity index (χ4n) is 1.91. The summed E-state index contributed by atoms with van der Waals surface area (Å²) in [4.78, 5) is 0. The molecule has 0 aromatic heterocycles. The summed E-state index contributed by atoms with van der Waals surface area (Å²) >= 11 is 0. The van der Waals surface area contributed by atoms with Gasteiger partial charge in [-0.2, -0.15) is 0 Å². The van der Waals surface area contributed by atoms with E-state index in [0.29, 0.717) is 0 Å². The third kappa shape index (κ3) is 1.27. The number of rotatable bonds is 1. The molecule has 2 N–H and O–H groups in total. The number of benzene rings is 1. The zero-order chi connectivity index (χ0) is 9.31. The average molecular weight is 174 g/mol. The fourth-order valence-corrected chi connectivity index (χ4v) is 1.91. The molecule has 2 nitrogen and oxygen atoms in total. The van der Waals surface area contributed by atoms with Crippen LogP contribution in [0.5, 0.6) is 0 Å². The molecular weight excluding hydrogens is 160 g/mol. The molecule has 0 saturated heterocycles. The monoisotopic (exact) mass is 174 g/mol. The van der Waals surface area contributed by atoms with Crippen LogP contribution < -0.4 is 5.32 Å². The highest BCUT2D eigenvalue weighted by Crippen LogP contribution is 2.27. The van der Waals surface area contributed by atoms with Gasteiger partial charge in [0, 0.05) is 24.7 Å². The van der Waals surface area contributed by atoms with Gasteiger partial charge in [0.1, 0.15) is 0 Å². The molecule has 0 fully saturated rings. The van der Waals surface area contributed by atoms with Crippen molar-refractivity contribution >= 4 is 6.21 Å². The molecule has 1 aliphatic heterocycles. The Morgan fingerprint density at radius 2 is 2.23 bits per heavy atom. The molecule has 1 aliphatic rings. The average Bonchev–Trinajstić information content (AvgIpc) is 2.19. The van der Waals surface area contributed by atoms with Gasteiger partial charge in [0.25, 0.3) is 0 Å². The van der Waals surface area contributed by atoms with E-state index in [-0.39, 0.29) is 5.41 Å². The van der Waals surface area contributed by atoms with Gasteiger partial charge in [0.2, 0.25) is 0 Å². The van der Waals surface area contributed by atoms with Gasteiger partial charge in [-0.05, 0) is 18.1 Å². The van der Waals surface area contributed by atoms with Crippen molar-refractivity contribution in [1.29, 1.82) is 5.41 Å². The first-order valence-corrected chi connectivity index (χ1v) is 4.57. The highest BCUT2D eigenvalue weighted by Gasteiger charge is 2.29. The summed E-state index contributed by atoms with van der Waals surface area (Å²) in [5.74, 6) is 0. The third-order valence-electron chi connectivity index (χ3n) is 2.76. The van der Waals surface area contributed by atoms with Crippen molar-refractivity contribution < 1.29 is 0 Å². The van der Waals surface area contributed by atoms with Gasteiger partial charge < -0.3 is 10.7 Å². The lowest BCUT2D eigenvalue weighted by atomic mass is 9.78. The summed E-state index contributed by atoms with van der Waals surface area (Å²) in [6.07, 6.45) is 1.54. The Kier molecular flexibility index (Phi) is 1.93. The molecule has 1 aromatic rings. The van der Waals surface area contributed by atoms with Crippen LogP contribution >= 0.6 is 0 Å². The molecule has 0 aliphatic carbocycles. The Labute approximate surface area is 78.5 Å². The minimum Gasteiger partial charge on any atom is -0.312 e. The molecule has 0 amide bonds. The van der Waals surface area contributed by atoms with Crippen LogP contribution in [0.3, 0.4) is 0 Å². The van der Waals surface area contributed by atoms with Crippen LogP contribution in [0.1, 0.15) is 18.1 Å². The lowest BCUT2D eigenvalue weighted by Crippen LogP contribution is -2.41. The Bertz CT molecular complexity index is 333. The van der Waals surface area contributed by atoms with Crippen molar-refractivity contribution in [2.75, 3.05) is 6.54 Å². The number of hydrogen-bond donors (Lipinski definition) is 2.